The quantitative estimate of drug-likeness (QED) is 0.587. The zero-order valence-electron chi connectivity index (χ0n) is 8.42. The van der Waals surface area contributed by atoms with Gasteiger partial charge in [0.1, 0.15) is 0 Å². The molecule has 0 aromatic carbocycles. The lowest BCUT2D eigenvalue weighted by atomic mass is 10.00. The van der Waals surface area contributed by atoms with Gasteiger partial charge in [0.25, 0.3) is 0 Å². The van der Waals surface area contributed by atoms with Gasteiger partial charge in [-0.1, -0.05) is 39.4 Å². The van der Waals surface area contributed by atoms with Gasteiger partial charge < -0.3 is 0 Å². The van der Waals surface area contributed by atoms with E-state index in [-0.39, 0.29) is 0 Å². The van der Waals surface area contributed by atoms with Crippen molar-refractivity contribution in [3.63, 3.8) is 0 Å². The lowest BCUT2D eigenvalue weighted by molar-refractivity contribution is 0.484. The Morgan fingerprint density at radius 2 is 2.08 bits per heavy atom. The van der Waals surface area contributed by atoms with E-state index in [1.807, 2.05) is 5.37 Å². The third-order valence-electron chi connectivity index (χ3n) is 3.40. The molecular weight excluding hydrogens is 164 g/mol. The van der Waals surface area contributed by atoms with Crippen LogP contribution in [0.25, 0.3) is 0 Å². The van der Waals surface area contributed by atoms with Gasteiger partial charge in [0.05, 0.1) is 0 Å². The molecule has 0 N–H and O–H groups in total. The van der Waals surface area contributed by atoms with Gasteiger partial charge in [-0.3, -0.25) is 0 Å². The summed E-state index contributed by atoms with van der Waals surface area (Å²) < 4.78 is 0. The Bertz CT molecular complexity index is 153. The fraction of sp³-hybridized carbons (Fsp3) is 0.909. The topological polar surface area (TPSA) is 0 Å². The van der Waals surface area contributed by atoms with Gasteiger partial charge in [-0.05, 0) is 41.9 Å². The van der Waals surface area contributed by atoms with Crippen LogP contribution < -0.4 is 0 Å². The van der Waals surface area contributed by atoms with E-state index in [0.717, 1.165) is 30.1 Å². The molecule has 4 unspecified atom stereocenters. The Morgan fingerprint density at radius 1 is 1.42 bits per heavy atom. The van der Waals surface area contributed by atoms with Crippen molar-refractivity contribution in [2.45, 2.75) is 40.0 Å². The van der Waals surface area contributed by atoms with E-state index in [4.69, 9.17) is 12.2 Å². The fourth-order valence-corrected chi connectivity index (χ4v) is 2.75. The van der Waals surface area contributed by atoms with Gasteiger partial charge >= 0.3 is 0 Å². The Balaban J connectivity index is 2.20. The first-order valence-corrected chi connectivity index (χ1v) is 5.61. The summed E-state index contributed by atoms with van der Waals surface area (Å²) in [6.45, 7) is 7.02. The lowest BCUT2D eigenvalue weighted by Gasteiger charge is -2.06. The van der Waals surface area contributed by atoms with Crippen LogP contribution >= 0.6 is 12.2 Å². The van der Waals surface area contributed by atoms with Crippen LogP contribution in [0.1, 0.15) is 40.0 Å². The molecule has 0 amide bonds. The predicted molar refractivity (Wildman–Crippen MR) is 58.5 cm³/mol. The highest BCUT2D eigenvalue weighted by molar-refractivity contribution is 7.78. The predicted octanol–water partition coefficient (Wildman–Crippen LogP) is 3.69. The van der Waals surface area contributed by atoms with Crippen molar-refractivity contribution in [1.82, 2.24) is 0 Å². The van der Waals surface area contributed by atoms with Crippen LogP contribution in [-0.2, 0) is 0 Å². The maximum absolute atomic E-state index is 4.86. The molecule has 1 saturated carbocycles. The van der Waals surface area contributed by atoms with E-state index in [1.54, 1.807) is 0 Å². The van der Waals surface area contributed by atoms with Gasteiger partial charge in [-0.2, -0.15) is 0 Å². The lowest BCUT2D eigenvalue weighted by Crippen LogP contribution is -1.97. The van der Waals surface area contributed by atoms with Crippen molar-refractivity contribution in [2.75, 3.05) is 0 Å². The smallest absolute Gasteiger partial charge is 0.0208 e. The molecule has 0 nitrogen and oxygen atoms in total. The van der Waals surface area contributed by atoms with E-state index >= 15 is 0 Å². The summed E-state index contributed by atoms with van der Waals surface area (Å²) in [7, 11) is 0. The molecule has 0 aliphatic heterocycles. The number of thiocarbonyl (C=S) groups is 1. The summed E-state index contributed by atoms with van der Waals surface area (Å²) in [6, 6.07) is 0. The number of hydrogen-bond donors (Lipinski definition) is 0. The standard InChI is InChI=1S/C11H20S/c1-4-10-9(3)11(10)7-8(2)5-6-12/h6,8-11H,4-5,7H2,1-3H3. The van der Waals surface area contributed by atoms with Crippen molar-refractivity contribution in [1.29, 1.82) is 0 Å². The second-order valence-corrected chi connectivity index (χ2v) is 4.67. The summed E-state index contributed by atoms with van der Waals surface area (Å²) in [5.41, 5.74) is 0. The molecular formula is C11H20S. The van der Waals surface area contributed by atoms with Crippen molar-refractivity contribution >= 4 is 17.6 Å². The summed E-state index contributed by atoms with van der Waals surface area (Å²) in [5, 5.41) is 1.89. The van der Waals surface area contributed by atoms with Crippen molar-refractivity contribution < 1.29 is 0 Å². The van der Waals surface area contributed by atoms with Crippen LogP contribution in [0.2, 0.25) is 0 Å². The summed E-state index contributed by atoms with van der Waals surface area (Å²) in [4.78, 5) is 0. The van der Waals surface area contributed by atoms with E-state index in [9.17, 15) is 0 Å². The minimum Gasteiger partial charge on any atom is -0.0935 e. The zero-order chi connectivity index (χ0) is 9.14. The molecule has 1 fully saturated rings. The first kappa shape index (κ1) is 10.2. The molecule has 12 heavy (non-hydrogen) atoms. The normalized spacial score (nSPS) is 36.1. The molecule has 0 heterocycles. The second kappa shape index (κ2) is 4.36. The third-order valence-corrected chi connectivity index (χ3v) is 3.60. The fourth-order valence-electron chi connectivity index (χ4n) is 2.43. The molecule has 1 rings (SSSR count). The van der Waals surface area contributed by atoms with Gasteiger partial charge in [-0.15, -0.1) is 0 Å². The zero-order valence-corrected chi connectivity index (χ0v) is 9.23. The van der Waals surface area contributed by atoms with Crippen molar-refractivity contribution in [3.8, 4) is 0 Å². The van der Waals surface area contributed by atoms with E-state index in [0.29, 0.717) is 0 Å². The summed E-state index contributed by atoms with van der Waals surface area (Å²) in [6.07, 6.45) is 3.89. The average molecular weight is 184 g/mol. The first-order valence-electron chi connectivity index (χ1n) is 5.14. The van der Waals surface area contributed by atoms with Crippen LogP contribution in [0.3, 0.4) is 0 Å². The molecule has 1 aliphatic rings. The van der Waals surface area contributed by atoms with Crippen LogP contribution in [0.15, 0.2) is 0 Å². The minimum atomic E-state index is 0.812. The SMILES string of the molecule is CCC1C(C)C1CC(C)CC=S. The van der Waals surface area contributed by atoms with E-state index in [2.05, 4.69) is 20.8 Å². The van der Waals surface area contributed by atoms with Gasteiger partial charge in [0.15, 0.2) is 0 Å². The molecule has 0 aromatic heterocycles. The Morgan fingerprint density at radius 3 is 2.50 bits per heavy atom. The van der Waals surface area contributed by atoms with Crippen molar-refractivity contribution in [2.24, 2.45) is 23.7 Å². The van der Waals surface area contributed by atoms with Crippen molar-refractivity contribution in [3.05, 3.63) is 0 Å². The maximum atomic E-state index is 4.86. The van der Waals surface area contributed by atoms with Gasteiger partial charge in [-0.25, -0.2) is 0 Å². The molecule has 0 saturated heterocycles. The van der Waals surface area contributed by atoms with Crippen LogP contribution in [0.4, 0.5) is 0 Å². The molecule has 70 valence electrons. The third kappa shape index (κ3) is 2.29. The molecule has 4 atom stereocenters. The Labute approximate surface area is 81.7 Å². The van der Waals surface area contributed by atoms with Gasteiger partial charge in [0, 0.05) is 0 Å². The summed E-state index contributed by atoms with van der Waals surface area (Å²) in [5.74, 6) is 3.84. The molecule has 0 aromatic rings. The number of rotatable bonds is 5. The molecule has 1 aliphatic carbocycles. The molecule has 0 bridgehead atoms. The van der Waals surface area contributed by atoms with Gasteiger partial charge in [0.2, 0.25) is 0 Å². The molecule has 1 heteroatoms. The second-order valence-electron chi connectivity index (χ2n) is 4.34. The van der Waals surface area contributed by atoms with E-state index < -0.39 is 0 Å². The Hall–Kier alpha value is 0.0900. The Kier molecular flexibility index (Phi) is 3.70. The number of hydrogen-bond acceptors (Lipinski definition) is 1. The van der Waals surface area contributed by atoms with Crippen LogP contribution in [0.5, 0.6) is 0 Å². The highest BCUT2D eigenvalue weighted by Crippen LogP contribution is 2.51. The van der Waals surface area contributed by atoms with E-state index in [1.165, 1.54) is 12.8 Å². The largest absolute Gasteiger partial charge is 0.0935 e. The average Bonchev–Trinajstić information content (AvgIpc) is 2.61. The molecule has 0 radical (unpaired) electrons. The highest BCUT2D eigenvalue weighted by atomic mass is 32.1. The first-order chi connectivity index (χ1) is 5.70. The van der Waals surface area contributed by atoms with Crippen LogP contribution in [-0.4, -0.2) is 5.37 Å². The molecule has 0 spiro atoms. The highest BCUT2D eigenvalue weighted by Gasteiger charge is 2.44. The monoisotopic (exact) mass is 184 g/mol. The van der Waals surface area contributed by atoms with Crippen LogP contribution in [0, 0.1) is 23.7 Å². The summed E-state index contributed by atoms with van der Waals surface area (Å²) >= 11 is 4.86. The maximum Gasteiger partial charge on any atom is -0.0208 e. The minimum absolute atomic E-state index is 0.812.